The van der Waals surface area contributed by atoms with E-state index in [-0.39, 0.29) is 5.97 Å². The van der Waals surface area contributed by atoms with Gasteiger partial charge in [-0.15, -0.1) is 0 Å². The molecule has 0 unspecified atom stereocenters. The Morgan fingerprint density at radius 3 is 2.59 bits per heavy atom. The monoisotopic (exact) mass is 513 g/mol. The van der Waals surface area contributed by atoms with E-state index in [0.29, 0.717) is 25.0 Å². The Morgan fingerprint density at radius 2 is 1.89 bits per heavy atom. The van der Waals surface area contributed by atoms with Gasteiger partial charge in [-0.1, -0.05) is 13.8 Å². The number of aromatic nitrogens is 4. The smallest absolute Gasteiger partial charge is 0.305 e. The molecule has 0 radical (unpaired) electrons. The average Bonchev–Trinajstić information content (AvgIpc) is 3.62. The zero-order valence-electron chi connectivity index (χ0n) is 23.2. The fraction of sp³-hybridized carbons (Fsp3) is 0.750. The molecule has 0 amide bonds. The van der Waals surface area contributed by atoms with E-state index in [0.717, 1.165) is 50.2 Å². The minimum absolute atomic E-state index is 0.129. The largest absolute Gasteiger partial charge is 0.466 e. The summed E-state index contributed by atoms with van der Waals surface area (Å²) < 4.78 is 7.40. The van der Waals surface area contributed by atoms with Crippen LogP contribution in [0.15, 0.2) is 24.8 Å². The highest BCUT2D eigenvalue weighted by Gasteiger charge is 2.40. The van der Waals surface area contributed by atoms with Crippen molar-refractivity contribution < 1.29 is 9.53 Å². The second-order valence-electron chi connectivity index (χ2n) is 11.4. The van der Waals surface area contributed by atoms with E-state index in [4.69, 9.17) is 9.72 Å². The summed E-state index contributed by atoms with van der Waals surface area (Å²) >= 11 is 0. The zero-order valence-corrected chi connectivity index (χ0v) is 23.2. The second-order valence-corrected chi connectivity index (χ2v) is 11.4. The number of hydrogen-bond acceptors (Lipinski definition) is 7. The molecule has 9 heteroatoms. The standard InChI is InChI=1S/C28H47N7O2/c1-4-37-27(36)6-5-13-34(21-25-29-10-11-30-25)22-26-31-12-17-35(26)19-18-33-16-9-28(23-33)7-14-32(15-8-28)20-24(2)3/h10-12,17,24H,4-9,13-16,18-23H2,1-3H3,(H,29,30). The molecule has 4 heterocycles. The van der Waals surface area contributed by atoms with Crippen LogP contribution in [0.2, 0.25) is 0 Å². The van der Waals surface area contributed by atoms with Crippen LogP contribution in [0.4, 0.5) is 0 Å². The predicted octanol–water partition coefficient (Wildman–Crippen LogP) is 3.40. The van der Waals surface area contributed by atoms with Crippen molar-refractivity contribution >= 4 is 5.97 Å². The number of rotatable bonds is 14. The van der Waals surface area contributed by atoms with E-state index in [1.165, 1.54) is 52.0 Å². The van der Waals surface area contributed by atoms with Crippen molar-refractivity contribution in [3.63, 3.8) is 0 Å². The summed E-state index contributed by atoms with van der Waals surface area (Å²) in [5.74, 6) is 2.62. The van der Waals surface area contributed by atoms with Gasteiger partial charge in [0.05, 0.1) is 19.7 Å². The molecule has 2 aliphatic rings. The van der Waals surface area contributed by atoms with Gasteiger partial charge in [0.1, 0.15) is 11.6 Å². The maximum atomic E-state index is 11.8. The van der Waals surface area contributed by atoms with Crippen LogP contribution in [0.1, 0.15) is 64.5 Å². The van der Waals surface area contributed by atoms with Crippen molar-refractivity contribution in [1.82, 2.24) is 34.2 Å². The first-order chi connectivity index (χ1) is 17.9. The third-order valence-corrected chi connectivity index (χ3v) is 7.97. The molecule has 0 saturated carbocycles. The number of ether oxygens (including phenoxy) is 1. The zero-order chi connectivity index (χ0) is 26.1. The van der Waals surface area contributed by atoms with Crippen molar-refractivity contribution in [1.29, 1.82) is 0 Å². The highest BCUT2D eigenvalue weighted by molar-refractivity contribution is 5.69. The molecule has 37 heavy (non-hydrogen) atoms. The molecule has 1 N–H and O–H groups in total. The number of H-pyrrole nitrogens is 1. The van der Waals surface area contributed by atoms with Gasteiger partial charge in [0.25, 0.3) is 0 Å². The lowest BCUT2D eigenvalue weighted by atomic mass is 9.77. The van der Waals surface area contributed by atoms with Crippen LogP contribution in [0.25, 0.3) is 0 Å². The van der Waals surface area contributed by atoms with Gasteiger partial charge in [-0.05, 0) is 70.1 Å². The van der Waals surface area contributed by atoms with E-state index in [1.54, 1.807) is 6.20 Å². The Bertz CT molecular complexity index is 934. The first-order valence-electron chi connectivity index (χ1n) is 14.3. The Labute approximate surface area is 222 Å². The van der Waals surface area contributed by atoms with Gasteiger partial charge in [-0.3, -0.25) is 9.69 Å². The van der Waals surface area contributed by atoms with Crippen LogP contribution in [-0.4, -0.2) is 92.6 Å². The molecule has 0 bridgehead atoms. The molecular weight excluding hydrogens is 466 g/mol. The number of imidazole rings is 2. The molecule has 4 rings (SSSR count). The fourth-order valence-electron chi connectivity index (χ4n) is 5.99. The highest BCUT2D eigenvalue weighted by atomic mass is 16.5. The van der Waals surface area contributed by atoms with E-state index in [9.17, 15) is 4.79 Å². The summed E-state index contributed by atoms with van der Waals surface area (Å²) in [4.78, 5) is 31.8. The van der Waals surface area contributed by atoms with E-state index < -0.39 is 0 Å². The number of carbonyl (C=O) groups is 1. The Hall–Kier alpha value is -2.23. The van der Waals surface area contributed by atoms with Gasteiger partial charge < -0.3 is 24.1 Å². The van der Waals surface area contributed by atoms with Crippen LogP contribution < -0.4 is 0 Å². The number of esters is 1. The van der Waals surface area contributed by atoms with Crippen molar-refractivity contribution in [2.24, 2.45) is 11.3 Å². The third kappa shape index (κ3) is 8.38. The molecule has 2 aromatic heterocycles. The predicted molar refractivity (Wildman–Crippen MR) is 145 cm³/mol. The summed E-state index contributed by atoms with van der Waals surface area (Å²) in [5.41, 5.74) is 0.532. The summed E-state index contributed by atoms with van der Waals surface area (Å²) in [5, 5.41) is 0. The molecular formula is C28H47N7O2. The molecule has 206 valence electrons. The van der Waals surface area contributed by atoms with Crippen LogP contribution in [0.5, 0.6) is 0 Å². The maximum absolute atomic E-state index is 11.8. The normalized spacial score (nSPS) is 18.4. The minimum atomic E-state index is -0.129. The Morgan fingerprint density at radius 1 is 1.11 bits per heavy atom. The fourth-order valence-corrected chi connectivity index (χ4v) is 5.99. The first kappa shape index (κ1) is 27.8. The molecule has 2 saturated heterocycles. The topological polar surface area (TPSA) is 82.5 Å². The number of carbonyl (C=O) groups excluding carboxylic acids is 1. The van der Waals surface area contributed by atoms with Gasteiger partial charge in [0.15, 0.2) is 0 Å². The van der Waals surface area contributed by atoms with E-state index in [1.807, 2.05) is 19.3 Å². The third-order valence-electron chi connectivity index (χ3n) is 7.97. The summed E-state index contributed by atoms with van der Waals surface area (Å²) in [6.07, 6.45) is 12.9. The summed E-state index contributed by atoms with van der Waals surface area (Å²) in [6, 6.07) is 0. The molecule has 0 aromatic carbocycles. The molecule has 0 atom stereocenters. The van der Waals surface area contributed by atoms with Crippen LogP contribution in [0.3, 0.4) is 0 Å². The second kappa shape index (κ2) is 13.5. The highest BCUT2D eigenvalue weighted by Crippen LogP contribution is 2.40. The van der Waals surface area contributed by atoms with Gasteiger partial charge in [0.2, 0.25) is 0 Å². The quantitative estimate of drug-likeness (QED) is 0.388. The lowest BCUT2D eigenvalue weighted by molar-refractivity contribution is -0.143. The summed E-state index contributed by atoms with van der Waals surface area (Å²) in [6.45, 7) is 17.4. The van der Waals surface area contributed by atoms with Gasteiger partial charge in [-0.2, -0.15) is 0 Å². The summed E-state index contributed by atoms with van der Waals surface area (Å²) in [7, 11) is 0. The molecule has 9 nitrogen and oxygen atoms in total. The molecule has 0 aliphatic carbocycles. The number of hydrogen-bond donors (Lipinski definition) is 1. The Balaban J connectivity index is 1.27. The van der Waals surface area contributed by atoms with Crippen LogP contribution in [-0.2, 0) is 29.2 Å². The SMILES string of the molecule is CCOC(=O)CCCN(Cc1ncc[nH]1)Cc1nccn1CCN1CCC2(CCN(CC(C)C)CC2)C1. The van der Waals surface area contributed by atoms with Gasteiger partial charge in [-0.25, -0.2) is 9.97 Å². The Kier molecular flexibility index (Phi) is 10.2. The van der Waals surface area contributed by atoms with E-state index in [2.05, 4.69) is 49.3 Å². The van der Waals surface area contributed by atoms with Crippen LogP contribution in [0, 0.1) is 11.3 Å². The lowest BCUT2D eigenvalue weighted by Gasteiger charge is -2.40. The number of likely N-dealkylation sites (tertiary alicyclic amines) is 2. The number of nitrogens with one attached hydrogen (secondary N) is 1. The molecule has 2 fully saturated rings. The minimum Gasteiger partial charge on any atom is -0.466 e. The molecule has 1 spiro atoms. The average molecular weight is 514 g/mol. The van der Waals surface area contributed by atoms with Crippen molar-refractivity contribution in [3.8, 4) is 0 Å². The number of aromatic amines is 1. The van der Waals surface area contributed by atoms with Gasteiger partial charge >= 0.3 is 5.97 Å². The number of nitrogens with zero attached hydrogens (tertiary/aromatic N) is 6. The molecule has 2 aromatic rings. The van der Waals surface area contributed by atoms with E-state index >= 15 is 0 Å². The maximum Gasteiger partial charge on any atom is 0.305 e. The molecule has 2 aliphatic heterocycles. The van der Waals surface area contributed by atoms with Crippen molar-refractivity contribution in [2.75, 3.05) is 52.4 Å². The number of piperidine rings is 1. The van der Waals surface area contributed by atoms with Crippen molar-refractivity contribution in [3.05, 3.63) is 36.4 Å². The first-order valence-corrected chi connectivity index (χ1v) is 14.3. The van der Waals surface area contributed by atoms with Crippen molar-refractivity contribution in [2.45, 2.75) is 72.5 Å². The van der Waals surface area contributed by atoms with Gasteiger partial charge in [0, 0.05) is 57.4 Å². The lowest BCUT2D eigenvalue weighted by Crippen LogP contribution is -2.43. The van der Waals surface area contributed by atoms with Crippen LogP contribution >= 0.6 is 0 Å².